The Morgan fingerprint density at radius 1 is 1.12 bits per heavy atom. The number of para-hydroxylation sites is 1. The first-order valence-electron chi connectivity index (χ1n) is 8.37. The van der Waals surface area contributed by atoms with E-state index < -0.39 is 0 Å². The number of anilines is 1. The van der Waals surface area contributed by atoms with E-state index in [9.17, 15) is 4.39 Å². The van der Waals surface area contributed by atoms with Crippen molar-refractivity contribution in [1.29, 1.82) is 0 Å². The van der Waals surface area contributed by atoms with E-state index in [1.807, 2.05) is 6.07 Å². The van der Waals surface area contributed by atoms with Crippen LogP contribution >= 0.6 is 0 Å². The number of rotatable bonds is 2. The smallest absolute Gasteiger partial charge is 0.265 e. The summed E-state index contributed by atoms with van der Waals surface area (Å²) in [7, 11) is 0. The van der Waals surface area contributed by atoms with Gasteiger partial charge in [-0.2, -0.15) is 10.1 Å². The molecule has 0 spiro atoms. The Morgan fingerprint density at radius 2 is 2.08 bits per heavy atom. The highest BCUT2D eigenvalue weighted by atomic mass is 19.1. The largest absolute Gasteiger partial charge is 0.335 e. The minimum Gasteiger partial charge on any atom is -0.335 e. The van der Waals surface area contributed by atoms with Crippen LogP contribution < -0.4 is 5.43 Å². The molecule has 2 N–H and O–H groups in total. The lowest BCUT2D eigenvalue weighted by Crippen LogP contribution is -2.15. The van der Waals surface area contributed by atoms with Crippen LogP contribution in [-0.2, 0) is 6.42 Å². The van der Waals surface area contributed by atoms with Crippen LogP contribution in [0.1, 0.15) is 24.1 Å². The van der Waals surface area contributed by atoms with Crippen molar-refractivity contribution in [1.82, 2.24) is 25.1 Å². The minimum atomic E-state index is -0.345. The summed E-state index contributed by atoms with van der Waals surface area (Å²) in [5, 5.41) is 13.3. The number of fused-ring (bicyclic) bond motifs is 4. The second-order valence-electron chi connectivity index (χ2n) is 6.16. The molecular formula is C18H14FN7. The van der Waals surface area contributed by atoms with Crippen molar-refractivity contribution >= 4 is 33.7 Å². The fraction of sp³-hybridized carbons (Fsp3) is 0.167. The molecule has 5 rings (SSSR count). The molecule has 7 nitrogen and oxygen atoms in total. The predicted octanol–water partition coefficient (Wildman–Crippen LogP) is 3.19. The molecule has 0 radical (unpaired) electrons. The number of nitrogens with one attached hydrogen (secondary N) is 2. The molecule has 8 heteroatoms. The predicted molar refractivity (Wildman–Crippen MR) is 96.5 cm³/mol. The van der Waals surface area contributed by atoms with Crippen LogP contribution in [0.3, 0.4) is 0 Å². The Labute approximate surface area is 147 Å². The summed E-state index contributed by atoms with van der Waals surface area (Å²) in [5.74, 6) is -0.0954. The molecular weight excluding hydrogens is 333 g/mol. The molecule has 0 saturated heterocycles. The summed E-state index contributed by atoms with van der Waals surface area (Å²) in [5.41, 5.74) is 7.20. The van der Waals surface area contributed by atoms with E-state index >= 15 is 0 Å². The van der Waals surface area contributed by atoms with Gasteiger partial charge in [-0.25, -0.2) is 9.82 Å². The molecule has 0 unspecified atom stereocenters. The normalized spacial score (nSPS) is 15.5. The number of hydrogen-bond donors (Lipinski definition) is 2. The molecule has 0 saturated carbocycles. The fourth-order valence-electron chi connectivity index (χ4n) is 3.30. The van der Waals surface area contributed by atoms with Gasteiger partial charge in [-0.05, 0) is 37.0 Å². The zero-order valence-corrected chi connectivity index (χ0v) is 13.7. The van der Waals surface area contributed by atoms with Gasteiger partial charge in [0.25, 0.3) is 5.95 Å². The number of hydrazone groups is 1. The van der Waals surface area contributed by atoms with Gasteiger partial charge in [0.2, 0.25) is 0 Å². The van der Waals surface area contributed by atoms with Crippen molar-refractivity contribution in [2.24, 2.45) is 5.10 Å². The maximum atomic E-state index is 13.9. The van der Waals surface area contributed by atoms with Crippen molar-refractivity contribution < 1.29 is 4.39 Å². The van der Waals surface area contributed by atoms with E-state index in [1.54, 1.807) is 18.3 Å². The quantitative estimate of drug-likeness (QED) is 0.543. The Hall–Kier alpha value is -3.42. The second kappa shape index (κ2) is 5.83. The Bertz CT molecular complexity index is 1160. The van der Waals surface area contributed by atoms with E-state index in [4.69, 9.17) is 0 Å². The highest BCUT2D eigenvalue weighted by molar-refractivity contribution is 6.03. The zero-order chi connectivity index (χ0) is 17.5. The molecule has 3 heterocycles. The summed E-state index contributed by atoms with van der Waals surface area (Å²) >= 11 is 0. The third kappa shape index (κ3) is 2.38. The topological polar surface area (TPSA) is 91.7 Å². The fourth-order valence-corrected chi connectivity index (χ4v) is 3.30. The number of pyridine rings is 1. The molecule has 0 amide bonds. The summed E-state index contributed by atoms with van der Waals surface area (Å²) in [4.78, 5) is 11.7. The van der Waals surface area contributed by atoms with Gasteiger partial charge in [0.15, 0.2) is 5.65 Å². The number of hydrogen-bond acceptors (Lipinski definition) is 6. The number of benzene rings is 1. The lowest BCUT2D eigenvalue weighted by Gasteiger charge is -2.15. The monoisotopic (exact) mass is 347 g/mol. The molecule has 1 aliphatic carbocycles. The Morgan fingerprint density at radius 3 is 3.04 bits per heavy atom. The second-order valence-corrected chi connectivity index (χ2v) is 6.16. The molecule has 26 heavy (non-hydrogen) atoms. The SMILES string of the molecule is Fc1cccc2c1[nH]c1nc(N/N=C3\CCCc4cccnc43)nnc12. The average Bonchev–Trinajstić information content (AvgIpc) is 3.06. The Kier molecular flexibility index (Phi) is 3.34. The van der Waals surface area contributed by atoms with Crippen molar-refractivity contribution in [2.75, 3.05) is 5.43 Å². The van der Waals surface area contributed by atoms with Gasteiger partial charge in [-0.15, -0.1) is 10.2 Å². The van der Waals surface area contributed by atoms with Crippen LogP contribution in [0.2, 0.25) is 0 Å². The van der Waals surface area contributed by atoms with E-state index in [0.29, 0.717) is 22.1 Å². The summed E-state index contributed by atoms with van der Waals surface area (Å²) < 4.78 is 13.9. The van der Waals surface area contributed by atoms with E-state index in [2.05, 4.69) is 41.7 Å². The summed E-state index contributed by atoms with van der Waals surface area (Å²) in [6.45, 7) is 0. The maximum absolute atomic E-state index is 13.9. The van der Waals surface area contributed by atoms with Gasteiger partial charge in [0.1, 0.15) is 11.3 Å². The van der Waals surface area contributed by atoms with Crippen LogP contribution in [0.4, 0.5) is 10.3 Å². The molecule has 0 aliphatic heterocycles. The van der Waals surface area contributed by atoms with Crippen LogP contribution in [0.25, 0.3) is 22.1 Å². The number of halogens is 1. The molecule has 0 atom stereocenters. The van der Waals surface area contributed by atoms with Gasteiger partial charge in [0, 0.05) is 11.6 Å². The van der Waals surface area contributed by atoms with Crippen LogP contribution in [0.15, 0.2) is 41.6 Å². The van der Waals surface area contributed by atoms with Crippen molar-refractivity contribution in [2.45, 2.75) is 19.3 Å². The highest BCUT2D eigenvalue weighted by Gasteiger charge is 2.17. The third-order valence-electron chi connectivity index (χ3n) is 4.51. The van der Waals surface area contributed by atoms with Crippen LogP contribution in [-0.4, -0.2) is 30.9 Å². The van der Waals surface area contributed by atoms with Crippen LogP contribution in [0.5, 0.6) is 0 Å². The molecule has 4 aromatic rings. The van der Waals surface area contributed by atoms with Gasteiger partial charge in [-0.1, -0.05) is 18.2 Å². The first-order chi connectivity index (χ1) is 12.8. The van der Waals surface area contributed by atoms with Crippen molar-refractivity contribution in [3.63, 3.8) is 0 Å². The number of nitrogens with zero attached hydrogens (tertiary/aromatic N) is 5. The first-order valence-corrected chi connectivity index (χ1v) is 8.37. The number of aryl methyl sites for hydroxylation is 1. The Balaban J connectivity index is 1.51. The van der Waals surface area contributed by atoms with Crippen LogP contribution in [0, 0.1) is 5.82 Å². The number of H-pyrrole nitrogens is 1. The molecule has 0 fully saturated rings. The van der Waals surface area contributed by atoms with E-state index in [1.165, 1.54) is 11.6 Å². The standard InChI is InChI=1S/C18H14FN7/c19-12-7-2-6-11-15(12)21-17-16(11)24-26-18(22-17)25-23-13-8-1-4-10-5-3-9-20-14(10)13/h2-3,5-7,9H,1,4,8H2,(H2,21,22,25,26)/b23-13+. The van der Waals surface area contributed by atoms with Gasteiger partial charge in [0.05, 0.1) is 16.9 Å². The summed E-state index contributed by atoms with van der Waals surface area (Å²) in [6, 6.07) is 8.82. The van der Waals surface area contributed by atoms with Crippen molar-refractivity contribution in [3.8, 4) is 0 Å². The number of aromatic amines is 1. The minimum absolute atomic E-state index is 0.250. The lowest BCUT2D eigenvalue weighted by molar-refractivity contribution is 0.637. The van der Waals surface area contributed by atoms with Gasteiger partial charge >= 0.3 is 0 Å². The van der Waals surface area contributed by atoms with Gasteiger partial charge < -0.3 is 4.98 Å². The van der Waals surface area contributed by atoms with E-state index in [0.717, 1.165) is 30.7 Å². The highest BCUT2D eigenvalue weighted by Crippen LogP contribution is 2.24. The average molecular weight is 347 g/mol. The summed E-state index contributed by atoms with van der Waals surface area (Å²) in [6.07, 6.45) is 4.64. The molecule has 1 aliphatic rings. The molecule has 3 aromatic heterocycles. The zero-order valence-electron chi connectivity index (χ0n) is 13.7. The lowest BCUT2D eigenvalue weighted by atomic mass is 9.95. The van der Waals surface area contributed by atoms with Gasteiger partial charge in [-0.3, -0.25) is 4.98 Å². The molecule has 1 aromatic carbocycles. The third-order valence-corrected chi connectivity index (χ3v) is 4.51. The number of aromatic nitrogens is 5. The van der Waals surface area contributed by atoms with E-state index in [-0.39, 0.29) is 11.8 Å². The molecule has 0 bridgehead atoms. The maximum Gasteiger partial charge on any atom is 0.265 e. The van der Waals surface area contributed by atoms with Crippen molar-refractivity contribution in [3.05, 3.63) is 53.6 Å². The molecule has 128 valence electrons. The first kappa shape index (κ1) is 14.9.